The summed E-state index contributed by atoms with van der Waals surface area (Å²) < 4.78 is 0. The first-order valence-electron chi connectivity index (χ1n) is 6.32. The summed E-state index contributed by atoms with van der Waals surface area (Å²) >= 11 is 1.86. The molecule has 3 nitrogen and oxygen atoms in total. The van der Waals surface area contributed by atoms with Crippen LogP contribution in [-0.2, 0) is 6.54 Å². The Bertz CT molecular complexity index is 343. The van der Waals surface area contributed by atoms with Crippen LogP contribution >= 0.6 is 11.8 Å². The van der Waals surface area contributed by atoms with Crippen molar-refractivity contribution in [3.05, 3.63) is 23.9 Å². The highest BCUT2D eigenvalue weighted by molar-refractivity contribution is 7.98. The molecule has 0 saturated heterocycles. The number of thioether (sulfide) groups is 1. The molecule has 0 aliphatic heterocycles. The van der Waals surface area contributed by atoms with E-state index >= 15 is 0 Å². The predicted molar refractivity (Wildman–Crippen MR) is 82.5 cm³/mol. The molecule has 1 aromatic heterocycles. The molecule has 1 N–H and O–H groups in total. The lowest BCUT2D eigenvalue weighted by molar-refractivity contribution is 0.424. The standard InChI is InChI=1S/C14H25N3S/c1-14(2,3)16-11-12-6-7-13(15-10-12)17(4)8-9-18-5/h6-7,10,16H,8-9,11H2,1-5H3. The zero-order valence-corrected chi connectivity index (χ0v) is 13.0. The van der Waals surface area contributed by atoms with Crippen molar-refractivity contribution >= 4 is 17.6 Å². The van der Waals surface area contributed by atoms with E-state index in [4.69, 9.17) is 0 Å². The Hall–Kier alpha value is -0.740. The molecule has 0 bridgehead atoms. The lowest BCUT2D eigenvalue weighted by atomic mass is 10.1. The number of pyridine rings is 1. The quantitative estimate of drug-likeness (QED) is 0.858. The molecule has 0 amide bonds. The summed E-state index contributed by atoms with van der Waals surface area (Å²) in [6.07, 6.45) is 4.09. The van der Waals surface area contributed by atoms with E-state index in [0.717, 1.165) is 24.7 Å². The summed E-state index contributed by atoms with van der Waals surface area (Å²) in [6.45, 7) is 8.42. The van der Waals surface area contributed by atoms with Gasteiger partial charge in [-0.05, 0) is 38.7 Å². The summed E-state index contributed by atoms with van der Waals surface area (Å²) in [7, 11) is 2.09. The van der Waals surface area contributed by atoms with Gasteiger partial charge in [0.1, 0.15) is 5.82 Å². The summed E-state index contributed by atoms with van der Waals surface area (Å²) in [4.78, 5) is 6.70. The zero-order valence-electron chi connectivity index (χ0n) is 12.2. The summed E-state index contributed by atoms with van der Waals surface area (Å²) in [5, 5.41) is 3.46. The van der Waals surface area contributed by atoms with Crippen LogP contribution in [0.25, 0.3) is 0 Å². The molecule has 0 spiro atoms. The Morgan fingerprint density at radius 3 is 2.56 bits per heavy atom. The minimum absolute atomic E-state index is 0.147. The molecule has 0 aliphatic rings. The molecule has 102 valence electrons. The average molecular weight is 267 g/mol. The first-order chi connectivity index (χ1) is 8.42. The molecule has 1 aromatic rings. The summed E-state index contributed by atoms with van der Waals surface area (Å²) in [6, 6.07) is 4.25. The van der Waals surface area contributed by atoms with Crippen LogP contribution in [0.15, 0.2) is 18.3 Å². The highest BCUT2D eigenvalue weighted by Crippen LogP contribution is 2.11. The number of nitrogens with zero attached hydrogens (tertiary/aromatic N) is 2. The largest absolute Gasteiger partial charge is 0.359 e. The third kappa shape index (κ3) is 5.74. The smallest absolute Gasteiger partial charge is 0.128 e. The molecule has 18 heavy (non-hydrogen) atoms. The Labute approximate surface area is 115 Å². The molecule has 0 radical (unpaired) electrons. The van der Waals surface area contributed by atoms with Gasteiger partial charge in [0.15, 0.2) is 0 Å². The number of aromatic nitrogens is 1. The Balaban J connectivity index is 2.52. The second-order valence-corrected chi connectivity index (χ2v) is 6.53. The third-order valence-corrected chi connectivity index (χ3v) is 3.24. The van der Waals surface area contributed by atoms with Gasteiger partial charge in [-0.2, -0.15) is 11.8 Å². The van der Waals surface area contributed by atoms with E-state index < -0.39 is 0 Å². The van der Waals surface area contributed by atoms with Gasteiger partial charge in [-0.1, -0.05) is 6.07 Å². The second-order valence-electron chi connectivity index (χ2n) is 5.54. The van der Waals surface area contributed by atoms with Crippen LogP contribution < -0.4 is 10.2 Å². The van der Waals surface area contributed by atoms with Gasteiger partial charge >= 0.3 is 0 Å². The van der Waals surface area contributed by atoms with Crippen molar-refractivity contribution in [1.29, 1.82) is 0 Å². The highest BCUT2D eigenvalue weighted by atomic mass is 32.2. The third-order valence-electron chi connectivity index (χ3n) is 2.65. The second kappa shape index (κ2) is 7.00. The zero-order chi connectivity index (χ0) is 13.6. The molecular formula is C14H25N3S. The SMILES string of the molecule is CSCCN(C)c1ccc(CNC(C)(C)C)cn1. The van der Waals surface area contributed by atoms with Gasteiger partial charge in [0.2, 0.25) is 0 Å². The number of anilines is 1. The van der Waals surface area contributed by atoms with Gasteiger partial charge in [0.05, 0.1) is 0 Å². The van der Waals surface area contributed by atoms with E-state index in [1.165, 1.54) is 5.56 Å². The molecule has 4 heteroatoms. The van der Waals surface area contributed by atoms with Crippen molar-refractivity contribution in [2.24, 2.45) is 0 Å². The minimum atomic E-state index is 0.147. The predicted octanol–water partition coefficient (Wildman–Crippen LogP) is 2.77. The Morgan fingerprint density at radius 1 is 1.33 bits per heavy atom. The maximum absolute atomic E-state index is 4.51. The molecule has 0 fully saturated rings. The molecular weight excluding hydrogens is 242 g/mol. The van der Waals surface area contributed by atoms with E-state index in [-0.39, 0.29) is 5.54 Å². The van der Waals surface area contributed by atoms with Crippen LogP contribution in [0.3, 0.4) is 0 Å². The molecule has 1 heterocycles. The Kier molecular flexibility index (Phi) is 5.96. The van der Waals surface area contributed by atoms with Crippen molar-refractivity contribution in [3.8, 4) is 0 Å². The first-order valence-corrected chi connectivity index (χ1v) is 7.72. The van der Waals surface area contributed by atoms with Crippen LogP contribution in [0, 0.1) is 0 Å². The fraction of sp³-hybridized carbons (Fsp3) is 0.643. The number of hydrogen-bond donors (Lipinski definition) is 1. The van der Waals surface area contributed by atoms with Gasteiger partial charge in [0.25, 0.3) is 0 Å². The van der Waals surface area contributed by atoms with Crippen LogP contribution in [0.5, 0.6) is 0 Å². The van der Waals surface area contributed by atoms with Crippen LogP contribution in [0.1, 0.15) is 26.3 Å². The number of nitrogens with one attached hydrogen (secondary N) is 1. The van der Waals surface area contributed by atoms with Crippen LogP contribution in [0.4, 0.5) is 5.82 Å². The van der Waals surface area contributed by atoms with E-state index in [2.05, 4.69) is 61.4 Å². The average Bonchev–Trinajstić information content (AvgIpc) is 2.33. The molecule has 0 saturated carbocycles. The van der Waals surface area contributed by atoms with E-state index in [9.17, 15) is 0 Å². The van der Waals surface area contributed by atoms with Crippen molar-refractivity contribution < 1.29 is 0 Å². The van der Waals surface area contributed by atoms with Crippen molar-refractivity contribution in [2.75, 3.05) is 30.5 Å². The van der Waals surface area contributed by atoms with Gasteiger partial charge in [-0.15, -0.1) is 0 Å². The maximum atomic E-state index is 4.51. The molecule has 0 aliphatic carbocycles. The normalized spacial score (nSPS) is 11.6. The van der Waals surface area contributed by atoms with Crippen LogP contribution in [0.2, 0.25) is 0 Å². The van der Waals surface area contributed by atoms with E-state index in [0.29, 0.717) is 0 Å². The van der Waals surface area contributed by atoms with Crippen molar-refractivity contribution in [3.63, 3.8) is 0 Å². The van der Waals surface area contributed by atoms with E-state index in [1.807, 2.05) is 18.0 Å². The topological polar surface area (TPSA) is 28.2 Å². The molecule has 1 rings (SSSR count). The van der Waals surface area contributed by atoms with Crippen molar-refractivity contribution in [2.45, 2.75) is 32.9 Å². The molecule has 0 unspecified atom stereocenters. The number of hydrogen-bond acceptors (Lipinski definition) is 4. The minimum Gasteiger partial charge on any atom is -0.359 e. The van der Waals surface area contributed by atoms with Gasteiger partial charge in [0, 0.05) is 37.6 Å². The lowest BCUT2D eigenvalue weighted by Gasteiger charge is -2.21. The first kappa shape index (κ1) is 15.3. The molecule has 0 atom stereocenters. The molecule has 0 aromatic carbocycles. The van der Waals surface area contributed by atoms with E-state index in [1.54, 1.807) is 0 Å². The maximum Gasteiger partial charge on any atom is 0.128 e. The van der Waals surface area contributed by atoms with Crippen molar-refractivity contribution in [1.82, 2.24) is 10.3 Å². The van der Waals surface area contributed by atoms with Gasteiger partial charge in [-0.25, -0.2) is 4.98 Å². The monoisotopic (exact) mass is 267 g/mol. The van der Waals surface area contributed by atoms with Gasteiger partial charge in [-0.3, -0.25) is 0 Å². The fourth-order valence-electron chi connectivity index (χ4n) is 1.46. The summed E-state index contributed by atoms with van der Waals surface area (Å²) in [5.41, 5.74) is 1.38. The highest BCUT2D eigenvalue weighted by Gasteiger charge is 2.08. The fourth-order valence-corrected chi connectivity index (χ4v) is 1.91. The number of rotatable bonds is 6. The Morgan fingerprint density at radius 2 is 2.06 bits per heavy atom. The summed E-state index contributed by atoms with van der Waals surface area (Å²) in [5.74, 6) is 2.18. The van der Waals surface area contributed by atoms with Crippen LogP contribution in [-0.4, -0.2) is 36.1 Å². The van der Waals surface area contributed by atoms with Gasteiger partial charge < -0.3 is 10.2 Å². The lowest BCUT2D eigenvalue weighted by Crippen LogP contribution is -2.35.